The molecular formula is C20H22N2O5S. The Balaban J connectivity index is 2.51. The van der Waals surface area contributed by atoms with Gasteiger partial charge < -0.3 is 14.2 Å². The fourth-order valence-corrected chi connectivity index (χ4v) is 3.64. The molecule has 0 saturated heterocycles. The maximum absolute atomic E-state index is 12.8. The minimum Gasteiger partial charge on any atom is -0.496 e. The van der Waals surface area contributed by atoms with Gasteiger partial charge in [-0.15, -0.1) is 0 Å². The molecule has 0 radical (unpaired) electrons. The zero-order valence-corrected chi connectivity index (χ0v) is 17.2. The monoisotopic (exact) mass is 402 g/mol. The van der Waals surface area contributed by atoms with Crippen molar-refractivity contribution in [2.24, 2.45) is 0 Å². The molecule has 0 amide bonds. The lowest BCUT2D eigenvalue weighted by atomic mass is 10.1. The Kier molecular flexibility index (Phi) is 6.54. The van der Waals surface area contributed by atoms with Gasteiger partial charge in [0.05, 0.1) is 27.0 Å². The van der Waals surface area contributed by atoms with Gasteiger partial charge in [-0.2, -0.15) is 5.26 Å². The first-order chi connectivity index (χ1) is 13.2. The number of nitrogens with one attached hydrogen (secondary N) is 1. The third-order valence-corrected chi connectivity index (χ3v) is 5.33. The molecule has 0 aliphatic carbocycles. The van der Waals surface area contributed by atoms with E-state index in [1.807, 2.05) is 13.0 Å². The number of benzene rings is 2. The number of methoxy groups -OCH3 is 3. The number of allylic oxidation sites excluding steroid dienone is 1. The first-order valence-corrected chi connectivity index (χ1v) is 9.76. The third-order valence-electron chi connectivity index (χ3n) is 4.05. The van der Waals surface area contributed by atoms with Crippen LogP contribution in [0.2, 0.25) is 0 Å². The van der Waals surface area contributed by atoms with Gasteiger partial charge in [0.25, 0.3) is 10.0 Å². The molecule has 0 unspecified atom stereocenters. The van der Waals surface area contributed by atoms with Crippen LogP contribution in [0, 0.1) is 25.2 Å². The van der Waals surface area contributed by atoms with Gasteiger partial charge >= 0.3 is 0 Å². The smallest absolute Gasteiger partial charge is 0.272 e. The van der Waals surface area contributed by atoms with Gasteiger partial charge in [0.1, 0.15) is 11.8 Å². The maximum atomic E-state index is 12.8. The lowest BCUT2D eigenvalue weighted by Crippen LogP contribution is -2.15. The summed E-state index contributed by atoms with van der Waals surface area (Å²) < 4.78 is 43.7. The Hall–Kier alpha value is -3.18. The second-order valence-electron chi connectivity index (χ2n) is 5.99. The van der Waals surface area contributed by atoms with E-state index >= 15 is 0 Å². The molecule has 2 aromatic carbocycles. The van der Waals surface area contributed by atoms with Crippen LogP contribution >= 0.6 is 0 Å². The van der Waals surface area contributed by atoms with Crippen LogP contribution in [0.25, 0.3) is 6.08 Å². The number of hydrogen-bond donors (Lipinski definition) is 1. The van der Waals surface area contributed by atoms with Crippen molar-refractivity contribution in [1.29, 1.82) is 5.26 Å². The van der Waals surface area contributed by atoms with E-state index in [0.717, 1.165) is 11.1 Å². The Morgan fingerprint density at radius 2 is 1.61 bits per heavy atom. The Morgan fingerprint density at radius 1 is 1.00 bits per heavy atom. The highest BCUT2D eigenvalue weighted by Gasteiger charge is 2.20. The molecule has 0 heterocycles. The summed E-state index contributed by atoms with van der Waals surface area (Å²) >= 11 is 0. The van der Waals surface area contributed by atoms with Crippen molar-refractivity contribution in [2.45, 2.75) is 13.8 Å². The molecule has 0 atom stereocenters. The van der Waals surface area contributed by atoms with Gasteiger partial charge in [0.15, 0.2) is 16.4 Å². The number of hydrogen-bond acceptors (Lipinski definition) is 6. The largest absolute Gasteiger partial charge is 0.496 e. The second-order valence-corrected chi connectivity index (χ2v) is 7.64. The van der Waals surface area contributed by atoms with Crippen molar-refractivity contribution in [3.63, 3.8) is 0 Å². The molecule has 148 valence electrons. The SMILES string of the molecule is COc1cc(OC)c(OC)cc1/C=C(\C#N)S(=O)(=O)Nc1ccc(C)cc1C. The Labute approximate surface area is 165 Å². The number of ether oxygens (including phenoxy) is 3. The van der Waals surface area contributed by atoms with E-state index in [4.69, 9.17) is 14.2 Å². The highest BCUT2D eigenvalue weighted by atomic mass is 32.2. The molecule has 2 rings (SSSR count). The van der Waals surface area contributed by atoms with E-state index in [-0.39, 0.29) is 0 Å². The molecular weight excluding hydrogens is 380 g/mol. The van der Waals surface area contributed by atoms with E-state index in [1.54, 1.807) is 37.3 Å². The molecule has 0 aliphatic rings. The van der Waals surface area contributed by atoms with Crippen molar-refractivity contribution in [3.05, 3.63) is 51.9 Å². The van der Waals surface area contributed by atoms with E-state index in [9.17, 15) is 13.7 Å². The molecule has 0 aliphatic heterocycles. The molecule has 0 spiro atoms. The fourth-order valence-electron chi connectivity index (χ4n) is 2.60. The van der Waals surface area contributed by atoms with Gasteiger partial charge in [0.2, 0.25) is 0 Å². The number of aryl methyl sites for hydroxylation is 2. The minimum atomic E-state index is -4.10. The van der Waals surface area contributed by atoms with Gasteiger partial charge in [-0.3, -0.25) is 4.72 Å². The third kappa shape index (κ3) is 4.56. The van der Waals surface area contributed by atoms with Gasteiger partial charge in [-0.25, -0.2) is 8.42 Å². The fraction of sp³-hybridized carbons (Fsp3) is 0.250. The highest BCUT2D eigenvalue weighted by molar-refractivity contribution is 7.97. The van der Waals surface area contributed by atoms with Crippen LogP contribution in [0.4, 0.5) is 5.69 Å². The molecule has 1 N–H and O–H groups in total. The number of nitriles is 1. The van der Waals surface area contributed by atoms with E-state index in [1.165, 1.54) is 27.4 Å². The molecule has 0 saturated carbocycles. The summed E-state index contributed by atoms with van der Waals surface area (Å²) in [5.41, 5.74) is 2.53. The standard InChI is InChI=1S/C20H22N2O5S/c1-13-6-7-17(14(2)8-13)22-28(23,24)16(12-21)9-15-10-19(26-4)20(27-5)11-18(15)25-3/h6-11,22H,1-5H3/b16-9+. The van der Waals surface area contributed by atoms with Crippen molar-refractivity contribution >= 4 is 21.8 Å². The number of sulfonamides is 1. The van der Waals surface area contributed by atoms with E-state index in [0.29, 0.717) is 28.5 Å². The molecule has 0 aromatic heterocycles. The van der Waals surface area contributed by atoms with Gasteiger partial charge in [0, 0.05) is 11.6 Å². The summed E-state index contributed by atoms with van der Waals surface area (Å²) in [6.07, 6.45) is 1.23. The molecule has 0 bridgehead atoms. The molecule has 2 aromatic rings. The Morgan fingerprint density at radius 3 is 2.14 bits per heavy atom. The van der Waals surface area contributed by atoms with Crippen LogP contribution in [0.3, 0.4) is 0 Å². The van der Waals surface area contributed by atoms with E-state index in [2.05, 4.69) is 4.72 Å². The summed E-state index contributed by atoms with van der Waals surface area (Å²) in [7, 11) is 0.278. The van der Waals surface area contributed by atoms with E-state index < -0.39 is 14.9 Å². The predicted molar refractivity (Wildman–Crippen MR) is 108 cm³/mol. The van der Waals surface area contributed by atoms with Crippen molar-refractivity contribution in [2.75, 3.05) is 26.1 Å². The van der Waals surface area contributed by atoms with Gasteiger partial charge in [-0.1, -0.05) is 17.7 Å². The normalized spacial score (nSPS) is 11.5. The van der Waals surface area contributed by atoms with Crippen LogP contribution in [0.1, 0.15) is 16.7 Å². The van der Waals surface area contributed by atoms with Crippen LogP contribution < -0.4 is 18.9 Å². The summed E-state index contributed by atoms with van der Waals surface area (Å²) in [5.74, 6) is 1.14. The maximum Gasteiger partial charge on any atom is 0.272 e. The number of rotatable bonds is 7. The van der Waals surface area contributed by atoms with Crippen LogP contribution in [-0.2, 0) is 10.0 Å². The van der Waals surface area contributed by atoms with Crippen molar-refractivity contribution in [1.82, 2.24) is 0 Å². The lowest BCUT2D eigenvalue weighted by Gasteiger charge is -2.13. The topological polar surface area (TPSA) is 97.7 Å². The quantitative estimate of drug-likeness (QED) is 0.710. The molecule has 8 heteroatoms. The van der Waals surface area contributed by atoms with Crippen molar-refractivity contribution in [3.8, 4) is 23.3 Å². The molecule has 0 fully saturated rings. The summed E-state index contributed by atoms with van der Waals surface area (Å²) in [5, 5.41) is 9.47. The average Bonchev–Trinajstić information content (AvgIpc) is 2.67. The first-order valence-electron chi connectivity index (χ1n) is 8.27. The predicted octanol–water partition coefficient (Wildman–Crippen LogP) is 3.64. The zero-order valence-electron chi connectivity index (χ0n) is 16.4. The van der Waals surface area contributed by atoms with Gasteiger partial charge in [-0.05, 0) is 37.6 Å². The lowest BCUT2D eigenvalue weighted by molar-refractivity contribution is 0.348. The van der Waals surface area contributed by atoms with Crippen molar-refractivity contribution < 1.29 is 22.6 Å². The highest BCUT2D eigenvalue weighted by Crippen LogP contribution is 2.36. The summed E-state index contributed by atoms with van der Waals surface area (Å²) in [6, 6.07) is 10.1. The van der Waals surface area contributed by atoms with Crippen LogP contribution in [-0.4, -0.2) is 29.7 Å². The number of nitrogens with zero attached hydrogens (tertiary/aromatic N) is 1. The summed E-state index contributed by atoms with van der Waals surface area (Å²) in [4.78, 5) is -0.460. The Bertz CT molecular complexity index is 1050. The molecule has 28 heavy (non-hydrogen) atoms. The number of anilines is 1. The first kappa shape index (κ1) is 21.1. The molecule has 7 nitrogen and oxygen atoms in total. The zero-order chi connectivity index (χ0) is 20.9. The average molecular weight is 402 g/mol. The second kappa shape index (κ2) is 8.67. The minimum absolute atomic E-state index is 0.340. The summed E-state index contributed by atoms with van der Waals surface area (Å²) in [6.45, 7) is 3.70. The van der Waals surface area contributed by atoms with Crippen LogP contribution in [0.15, 0.2) is 35.2 Å². The van der Waals surface area contributed by atoms with Crippen LogP contribution in [0.5, 0.6) is 17.2 Å².